The lowest BCUT2D eigenvalue weighted by molar-refractivity contribution is -0.162. The Kier molecular flexibility index (Phi) is 9.40. The second-order valence-corrected chi connectivity index (χ2v) is 9.48. The van der Waals surface area contributed by atoms with Crippen LogP contribution in [0, 0.1) is 11.8 Å². The van der Waals surface area contributed by atoms with Gasteiger partial charge in [-0.2, -0.15) is 0 Å². The summed E-state index contributed by atoms with van der Waals surface area (Å²) in [7, 11) is 1.66. The maximum Gasteiger partial charge on any atom is 0.335 e. The van der Waals surface area contributed by atoms with E-state index >= 15 is 0 Å². The number of rotatable bonds is 8. The van der Waals surface area contributed by atoms with E-state index in [2.05, 4.69) is 22.5 Å². The lowest BCUT2D eigenvalue weighted by atomic mass is 9.73. The smallest absolute Gasteiger partial charge is 0.335 e. The van der Waals surface area contributed by atoms with Gasteiger partial charge in [-0.25, -0.2) is 4.79 Å². The Labute approximate surface area is 210 Å². The standard InChI is InChI=1S/C20H24N2O2.C6H12O6/c1-3-13-12-22-9-7-14(13)10-19(22)20(23)16-6-8-21-18-5-4-15(24-2)11-17(16)18;1-2(7)3(8)4(9)5(10)6(11)12/h3-6,8,11,13-14,19-20,23H,1,7,9-10,12H2,2H3;2-5,7-10H,1H3,(H,11,12)/t13-,14-,19-,20+;2-,3-,4+,5+/m00/s1. The number of carboxylic acid groups (broad SMARTS) is 1. The first-order valence-corrected chi connectivity index (χ1v) is 12.0. The molecule has 2 bridgehead atoms. The van der Waals surface area contributed by atoms with E-state index in [4.69, 9.17) is 30.3 Å². The van der Waals surface area contributed by atoms with Crippen molar-refractivity contribution in [1.82, 2.24) is 9.88 Å². The molecule has 0 radical (unpaired) electrons. The summed E-state index contributed by atoms with van der Waals surface area (Å²) < 4.78 is 5.35. The fraction of sp³-hybridized carbons (Fsp3) is 0.538. The maximum absolute atomic E-state index is 11.2. The topological polar surface area (TPSA) is 164 Å². The molecule has 1 aromatic carbocycles. The second-order valence-electron chi connectivity index (χ2n) is 9.48. The second kappa shape index (κ2) is 12.1. The molecule has 0 amide bonds. The van der Waals surface area contributed by atoms with Gasteiger partial charge in [-0.3, -0.25) is 9.88 Å². The lowest BCUT2D eigenvalue weighted by Gasteiger charge is -2.50. The molecule has 5 rings (SSSR count). The average Bonchev–Trinajstić information content (AvgIpc) is 2.90. The summed E-state index contributed by atoms with van der Waals surface area (Å²) in [4.78, 5) is 16.9. The Morgan fingerprint density at radius 2 is 1.92 bits per heavy atom. The van der Waals surface area contributed by atoms with Crippen LogP contribution in [-0.2, 0) is 4.79 Å². The molecular weight excluding hydrogens is 468 g/mol. The Morgan fingerprint density at radius 1 is 1.19 bits per heavy atom. The molecule has 3 aliphatic heterocycles. The normalized spacial score (nSPS) is 27.2. The number of piperidine rings is 3. The molecule has 4 heterocycles. The van der Waals surface area contributed by atoms with Crippen molar-refractivity contribution < 1.29 is 40.2 Å². The maximum atomic E-state index is 11.2. The molecule has 0 aliphatic carbocycles. The van der Waals surface area contributed by atoms with Crippen LogP contribution in [0.2, 0.25) is 0 Å². The Bertz CT molecular complexity index is 1050. The highest BCUT2D eigenvalue weighted by molar-refractivity contribution is 5.84. The third-order valence-corrected chi connectivity index (χ3v) is 7.24. The minimum atomic E-state index is -2.09. The predicted molar refractivity (Wildman–Crippen MR) is 132 cm³/mol. The molecule has 2 aromatic rings. The Morgan fingerprint density at radius 3 is 2.47 bits per heavy atom. The van der Waals surface area contributed by atoms with Crippen molar-refractivity contribution in [1.29, 1.82) is 0 Å². The van der Waals surface area contributed by atoms with E-state index in [1.807, 2.05) is 24.3 Å². The third kappa shape index (κ3) is 6.03. The molecule has 198 valence electrons. The van der Waals surface area contributed by atoms with E-state index in [9.17, 15) is 9.90 Å². The van der Waals surface area contributed by atoms with Gasteiger partial charge in [0, 0.05) is 24.2 Å². The van der Waals surface area contributed by atoms with Gasteiger partial charge in [0.15, 0.2) is 6.10 Å². The number of carboxylic acids is 1. The largest absolute Gasteiger partial charge is 0.497 e. The number of pyridine rings is 1. The van der Waals surface area contributed by atoms with Gasteiger partial charge >= 0.3 is 5.97 Å². The van der Waals surface area contributed by atoms with Crippen molar-refractivity contribution in [2.75, 3.05) is 20.2 Å². The van der Waals surface area contributed by atoms with Crippen LogP contribution in [0.3, 0.4) is 0 Å². The van der Waals surface area contributed by atoms with Gasteiger partial charge in [-0.15, -0.1) is 6.58 Å². The summed E-state index contributed by atoms with van der Waals surface area (Å²) in [6.07, 6.45) is -1.32. The molecule has 0 spiro atoms. The van der Waals surface area contributed by atoms with Crippen LogP contribution in [0.5, 0.6) is 5.75 Å². The summed E-state index contributed by atoms with van der Waals surface area (Å²) in [5.41, 5.74) is 1.85. The molecular formula is C26H36N2O8. The number of ether oxygens (including phenoxy) is 1. The summed E-state index contributed by atoms with van der Waals surface area (Å²) in [6.45, 7) is 7.24. The number of nitrogens with zero attached hydrogens (tertiary/aromatic N) is 2. The van der Waals surface area contributed by atoms with Crippen LogP contribution in [0.1, 0.15) is 31.4 Å². The quantitative estimate of drug-likeness (QED) is 0.282. The zero-order chi connectivity index (χ0) is 26.6. The molecule has 3 fully saturated rings. The van der Waals surface area contributed by atoms with E-state index in [1.165, 1.54) is 13.3 Å². The molecule has 0 saturated carbocycles. The SMILES string of the molecule is C=C[C@H]1CN2CC[C@H]1C[C@H]2[C@H](O)c1ccnc2ccc(OC)cc12.C[C@H](O)[C@H](O)[C@@H](O)[C@@H](O)C(=O)O. The molecule has 6 N–H and O–H groups in total. The minimum absolute atomic E-state index is 0.178. The average molecular weight is 505 g/mol. The summed E-state index contributed by atoms with van der Waals surface area (Å²) >= 11 is 0. The minimum Gasteiger partial charge on any atom is -0.497 e. The van der Waals surface area contributed by atoms with Crippen LogP contribution in [0.4, 0.5) is 0 Å². The number of fused-ring (bicyclic) bond motifs is 4. The molecule has 36 heavy (non-hydrogen) atoms. The van der Waals surface area contributed by atoms with Gasteiger partial charge < -0.3 is 35.4 Å². The molecule has 3 aliphatic rings. The molecule has 1 aromatic heterocycles. The summed E-state index contributed by atoms with van der Waals surface area (Å²) in [5.74, 6) is 0.356. The van der Waals surface area contributed by atoms with Gasteiger partial charge in [-0.1, -0.05) is 6.08 Å². The zero-order valence-electron chi connectivity index (χ0n) is 20.5. The number of carbonyl (C=O) groups is 1. The first kappa shape index (κ1) is 28.0. The van der Waals surface area contributed by atoms with E-state index in [0.717, 1.165) is 41.7 Å². The fourth-order valence-corrected chi connectivity index (χ4v) is 5.06. The highest BCUT2D eigenvalue weighted by Crippen LogP contribution is 2.42. The number of methoxy groups -OCH3 is 1. The molecule has 10 heteroatoms. The van der Waals surface area contributed by atoms with E-state index in [1.54, 1.807) is 13.3 Å². The lowest BCUT2D eigenvalue weighted by Crippen LogP contribution is -2.54. The van der Waals surface area contributed by atoms with E-state index in [-0.39, 0.29) is 6.04 Å². The molecule has 1 unspecified atom stereocenters. The number of hydrogen-bond acceptors (Lipinski definition) is 9. The van der Waals surface area contributed by atoms with Gasteiger partial charge in [0.05, 0.1) is 24.8 Å². The van der Waals surface area contributed by atoms with Crippen molar-refractivity contribution in [3.8, 4) is 5.75 Å². The Balaban J connectivity index is 0.000000257. The van der Waals surface area contributed by atoms with Crippen molar-refractivity contribution in [2.24, 2.45) is 11.8 Å². The van der Waals surface area contributed by atoms with Gasteiger partial charge in [-0.05, 0) is 68.0 Å². The van der Waals surface area contributed by atoms with Crippen LogP contribution >= 0.6 is 0 Å². The Hall–Kier alpha value is -2.60. The van der Waals surface area contributed by atoms with Gasteiger partial charge in [0.2, 0.25) is 0 Å². The van der Waals surface area contributed by atoms with Crippen molar-refractivity contribution in [3.63, 3.8) is 0 Å². The van der Waals surface area contributed by atoms with Crippen LogP contribution < -0.4 is 4.74 Å². The fourth-order valence-electron chi connectivity index (χ4n) is 5.06. The molecule has 3 saturated heterocycles. The summed E-state index contributed by atoms with van der Waals surface area (Å²) in [5, 5.41) is 55.5. The number of aliphatic carboxylic acids is 1. The predicted octanol–water partition coefficient (Wildman–Crippen LogP) is 0.708. The number of benzene rings is 1. The summed E-state index contributed by atoms with van der Waals surface area (Å²) in [6, 6.07) is 7.96. The highest BCUT2D eigenvalue weighted by atomic mass is 16.5. The highest BCUT2D eigenvalue weighted by Gasteiger charge is 2.42. The number of aromatic nitrogens is 1. The van der Waals surface area contributed by atoms with E-state index in [0.29, 0.717) is 11.8 Å². The molecule has 9 atom stereocenters. The third-order valence-electron chi connectivity index (χ3n) is 7.24. The first-order chi connectivity index (χ1) is 17.1. The zero-order valence-corrected chi connectivity index (χ0v) is 20.5. The van der Waals surface area contributed by atoms with Crippen LogP contribution in [0.15, 0.2) is 43.1 Å². The first-order valence-electron chi connectivity index (χ1n) is 12.0. The van der Waals surface area contributed by atoms with Gasteiger partial charge in [0.1, 0.15) is 18.0 Å². The number of aliphatic hydroxyl groups is 5. The van der Waals surface area contributed by atoms with Crippen LogP contribution in [0.25, 0.3) is 10.9 Å². The number of aliphatic hydroxyl groups excluding tert-OH is 5. The van der Waals surface area contributed by atoms with E-state index < -0.39 is 36.5 Å². The van der Waals surface area contributed by atoms with Crippen LogP contribution in [-0.4, -0.2) is 97.1 Å². The van der Waals surface area contributed by atoms with Crippen molar-refractivity contribution >= 4 is 16.9 Å². The number of hydrogen-bond donors (Lipinski definition) is 6. The monoisotopic (exact) mass is 504 g/mol. The van der Waals surface area contributed by atoms with Crippen molar-refractivity contribution in [3.05, 3.63) is 48.7 Å². The van der Waals surface area contributed by atoms with Crippen molar-refractivity contribution in [2.45, 2.75) is 56.3 Å². The molecule has 10 nitrogen and oxygen atoms in total. The van der Waals surface area contributed by atoms with Gasteiger partial charge in [0.25, 0.3) is 0 Å².